The van der Waals surface area contributed by atoms with Gasteiger partial charge >= 0.3 is 5.97 Å². The van der Waals surface area contributed by atoms with Crippen LogP contribution in [0.15, 0.2) is 18.3 Å². The maximum absolute atomic E-state index is 11.7. The molecule has 0 aliphatic carbocycles. The second-order valence-corrected chi connectivity index (χ2v) is 6.62. The second-order valence-electron chi connectivity index (χ2n) is 6.19. The smallest absolute Gasteiger partial charge is 0.323 e. The molecule has 2 radical (unpaired) electrons. The minimum atomic E-state index is -1.16. The van der Waals surface area contributed by atoms with Crippen LogP contribution < -0.4 is 10.6 Å². The number of nitrogens with two attached hydrogens (primary N) is 1. The van der Waals surface area contributed by atoms with E-state index in [1.54, 1.807) is 6.20 Å². The van der Waals surface area contributed by atoms with E-state index < -0.39 is 11.5 Å². The lowest BCUT2D eigenvalue weighted by molar-refractivity contribution is -0.146. The third-order valence-corrected chi connectivity index (χ3v) is 4.93. The number of pyridine rings is 1. The number of nitrogens with zero attached hydrogens (tertiary/aromatic N) is 2. The number of rotatable bonds is 7. The first kappa shape index (κ1) is 18.1. The molecule has 124 valence electrons. The molecule has 1 aromatic heterocycles. The molecule has 0 aromatic carbocycles. The SMILES string of the molecule is [B]CCCCC(N)(C(=O)O)C1CCN(c2ccc(Cl)cn2)CC1. The molecule has 1 atom stereocenters. The minimum Gasteiger partial charge on any atom is -0.480 e. The van der Waals surface area contributed by atoms with Crippen LogP contribution in [0.1, 0.15) is 32.1 Å². The molecular weight excluding hydrogens is 312 g/mol. The number of piperidine rings is 1. The van der Waals surface area contributed by atoms with Crippen molar-refractivity contribution in [2.24, 2.45) is 11.7 Å². The van der Waals surface area contributed by atoms with Crippen LogP contribution in [0.5, 0.6) is 0 Å². The van der Waals surface area contributed by atoms with Crippen LogP contribution in [0, 0.1) is 5.92 Å². The van der Waals surface area contributed by atoms with Gasteiger partial charge in [-0.05, 0) is 37.3 Å². The monoisotopic (exact) mass is 335 g/mol. The number of halogens is 1. The maximum atomic E-state index is 11.7. The molecule has 1 fully saturated rings. The highest BCUT2D eigenvalue weighted by molar-refractivity contribution is 6.30. The number of carbonyl (C=O) groups is 1. The lowest BCUT2D eigenvalue weighted by Gasteiger charge is -2.40. The molecule has 1 unspecified atom stereocenters. The predicted molar refractivity (Wildman–Crippen MR) is 93.2 cm³/mol. The zero-order valence-corrected chi connectivity index (χ0v) is 14.0. The quantitative estimate of drug-likeness (QED) is 0.591. The van der Waals surface area contributed by atoms with Gasteiger partial charge in [0.15, 0.2) is 0 Å². The van der Waals surface area contributed by atoms with E-state index in [2.05, 4.69) is 9.88 Å². The van der Waals surface area contributed by atoms with Gasteiger partial charge in [-0.15, -0.1) is 0 Å². The van der Waals surface area contributed by atoms with Crippen molar-refractivity contribution in [3.63, 3.8) is 0 Å². The number of aromatic nitrogens is 1. The van der Waals surface area contributed by atoms with Crippen molar-refractivity contribution in [1.29, 1.82) is 0 Å². The molecule has 2 rings (SSSR count). The Labute approximate surface area is 143 Å². The van der Waals surface area contributed by atoms with Crippen LogP contribution in [-0.2, 0) is 4.79 Å². The molecular formula is C16H23BClN3O2. The van der Waals surface area contributed by atoms with E-state index in [4.69, 9.17) is 25.2 Å². The summed E-state index contributed by atoms with van der Waals surface area (Å²) in [5, 5.41) is 10.2. The van der Waals surface area contributed by atoms with Gasteiger partial charge in [-0.3, -0.25) is 4.79 Å². The molecule has 3 N–H and O–H groups in total. The van der Waals surface area contributed by atoms with Crippen LogP contribution >= 0.6 is 11.6 Å². The van der Waals surface area contributed by atoms with Gasteiger partial charge in [-0.1, -0.05) is 30.8 Å². The van der Waals surface area contributed by atoms with Crippen LogP contribution in [0.4, 0.5) is 5.82 Å². The second kappa shape index (κ2) is 8.02. The van der Waals surface area contributed by atoms with E-state index in [1.165, 1.54) is 0 Å². The Morgan fingerprint density at radius 2 is 2.13 bits per heavy atom. The lowest BCUT2D eigenvalue weighted by Crippen LogP contribution is -2.57. The van der Waals surface area contributed by atoms with Crippen LogP contribution in [0.3, 0.4) is 0 Å². The highest BCUT2D eigenvalue weighted by Crippen LogP contribution is 2.32. The van der Waals surface area contributed by atoms with Crippen molar-refractivity contribution >= 4 is 31.2 Å². The standard InChI is InChI=1S/C16H23BClN3O2/c17-8-2-1-7-16(19,15(22)23)12-5-9-21(10-6-12)14-4-3-13(18)11-20-14/h3-4,11-12H,1-2,5-10,19H2,(H,22,23). The summed E-state index contributed by atoms with van der Waals surface area (Å²) < 4.78 is 0. The molecule has 2 heterocycles. The molecule has 1 aromatic rings. The predicted octanol–water partition coefficient (Wildman–Crippen LogP) is 2.49. The number of aliphatic carboxylic acids is 1. The van der Waals surface area contributed by atoms with E-state index in [9.17, 15) is 9.90 Å². The first-order valence-corrected chi connectivity index (χ1v) is 8.44. The Morgan fingerprint density at radius 3 is 2.65 bits per heavy atom. The topological polar surface area (TPSA) is 79.5 Å². The van der Waals surface area contributed by atoms with Crippen molar-refractivity contribution in [3.05, 3.63) is 23.4 Å². The van der Waals surface area contributed by atoms with E-state index >= 15 is 0 Å². The number of hydrogen-bond acceptors (Lipinski definition) is 4. The molecule has 1 aliphatic rings. The first-order chi connectivity index (χ1) is 11.0. The Kier molecular flexibility index (Phi) is 6.30. The van der Waals surface area contributed by atoms with E-state index in [-0.39, 0.29) is 5.92 Å². The highest BCUT2D eigenvalue weighted by atomic mass is 35.5. The zero-order valence-electron chi connectivity index (χ0n) is 13.2. The number of anilines is 1. The fourth-order valence-corrected chi connectivity index (χ4v) is 3.34. The Hall–Kier alpha value is -1.27. The van der Waals surface area contributed by atoms with Gasteiger partial charge in [0, 0.05) is 19.3 Å². The van der Waals surface area contributed by atoms with Crippen molar-refractivity contribution < 1.29 is 9.90 Å². The van der Waals surface area contributed by atoms with Crippen molar-refractivity contribution in [2.45, 2.75) is 44.0 Å². The average molecular weight is 336 g/mol. The Bertz CT molecular complexity index is 521. The van der Waals surface area contributed by atoms with Gasteiger partial charge in [-0.2, -0.15) is 0 Å². The first-order valence-electron chi connectivity index (χ1n) is 8.06. The number of hydrogen-bond donors (Lipinski definition) is 2. The molecule has 1 aliphatic heterocycles. The van der Waals surface area contributed by atoms with Crippen LogP contribution in [0.2, 0.25) is 11.3 Å². The van der Waals surface area contributed by atoms with E-state index in [0.717, 1.165) is 44.6 Å². The maximum Gasteiger partial charge on any atom is 0.323 e. The fourth-order valence-electron chi connectivity index (χ4n) is 3.23. The molecule has 0 bridgehead atoms. The summed E-state index contributed by atoms with van der Waals surface area (Å²) in [6.07, 6.45) is 5.71. The zero-order chi connectivity index (χ0) is 16.9. The van der Waals surface area contributed by atoms with Gasteiger partial charge in [-0.25, -0.2) is 4.98 Å². The molecule has 5 nitrogen and oxygen atoms in total. The van der Waals surface area contributed by atoms with Crippen molar-refractivity contribution in [3.8, 4) is 0 Å². The van der Waals surface area contributed by atoms with Gasteiger partial charge < -0.3 is 15.7 Å². The molecule has 23 heavy (non-hydrogen) atoms. The molecule has 0 saturated carbocycles. The highest BCUT2D eigenvalue weighted by Gasteiger charge is 2.42. The van der Waals surface area contributed by atoms with Gasteiger partial charge in [0.1, 0.15) is 11.4 Å². The molecule has 1 saturated heterocycles. The van der Waals surface area contributed by atoms with Gasteiger partial charge in [0.25, 0.3) is 0 Å². The van der Waals surface area contributed by atoms with E-state index in [1.807, 2.05) is 12.1 Å². The molecule has 0 amide bonds. The summed E-state index contributed by atoms with van der Waals surface area (Å²) in [7, 11) is 5.49. The Balaban J connectivity index is 1.97. The third-order valence-electron chi connectivity index (χ3n) is 4.70. The minimum absolute atomic E-state index is 0.0266. The summed E-state index contributed by atoms with van der Waals surface area (Å²) in [4.78, 5) is 18.2. The van der Waals surface area contributed by atoms with Crippen molar-refractivity contribution in [2.75, 3.05) is 18.0 Å². The summed E-state index contributed by atoms with van der Waals surface area (Å²) in [5.74, 6) is -0.0622. The van der Waals surface area contributed by atoms with Crippen LogP contribution in [0.25, 0.3) is 0 Å². The van der Waals surface area contributed by atoms with E-state index in [0.29, 0.717) is 17.8 Å². The normalized spacial score (nSPS) is 18.6. The summed E-state index contributed by atoms with van der Waals surface area (Å²) in [6.45, 7) is 1.50. The number of unbranched alkanes of at least 4 members (excludes halogenated alkanes) is 1. The van der Waals surface area contributed by atoms with Gasteiger partial charge in [0.05, 0.1) is 12.9 Å². The largest absolute Gasteiger partial charge is 0.480 e. The van der Waals surface area contributed by atoms with Crippen LogP contribution in [-0.4, -0.2) is 42.5 Å². The lowest BCUT2D eigenvalue weighted by atomic mass is 9.75. The number of carboxylic acid groups (broad SMARTS) is 1. The Morgan fingerprint density at radius 1 is 1.43 bits per heavy atom. The average Bonchev–Trinajstić information content (AvgIpc) is 2.55. The molecule has 7 heteroatoms. The van der Waals surface area contributed by atoms with Crippen molar-refractivity contribution in [1.82, 2.24) is 4.98 Å². The summed E-state index contributed by atoms with van der Waals surface area (Å²) in [6, 6.07) is 3.70. The fraction of sp³-hybridized carbons (Fsp3) is 0.625. The third kappa shape index (κ3) is 4.39. The molecule has 0 spiro atoms. The van der Waals surface area contributed by atoms with Gasteiger partial charge in [0.2, 0.25) is 0 Å². The number of carboxylic acids is 1. The summed E-state index contributed by atoms with van der Waals surface area (Å²) in [5.41, 5.74) is 5.11. The summed E-state index contributed by atoms with van der Waals surface area (Å²) >= 11 is 5.86.